The summed E-state index contributed by atoms with van der Waals surface area (Å²) in [4.78, 5) is 27.3. The van der Waals surface area contributed by atoms with Gasteiger partial charge in [-0.2, -0.15) is 0 Å². The van der Waals surface area contributed by atoms with Gasteiger partial charge in [0.2, 0.25) is 0 Å². The van der Waals surface area contributed by atoms with Gasteiger partial charge in [-0.3, -0.25) is 9.78 Å². The molecule has 0 saturated heterocycles. The van der Waals surface area contributed by atoms with Crippen molar-refractivity contribution in [3.8, 4) is 0 Å². The molecule has 0 aliphatic rings. The predicted molar refractivity (Wildman–Crippen MR) is 82.8 cm³/mol. The summed E-state index contributed by atoms with van der Waals surface area (Å²) in [5.41, 5.74) is 2.30. The highest BCUT2D eigenvalue weighted by molar-refractivity contribution is 9.10. The van der Waals surface area contributed by atoms with Crippen molar-refractivity contribution in [1.29, 1.82) is 0 Å². The van der Waals surface area contributed by atoms with Crippen molar-refractivity contribution in [2.75, 3.05) is 5.32 Å². The Kier molecular flexibility index (Phi) is 4.37. The van der Waals surface area contributed by atoms with Gasteiger partial charge in [-0.25, -0.2) is 4.79 Å². The van der Waals surface area contributed by atoms with Gasteiger partial charge in [0, 0.05) is 10.7 Å². The maximum Gasteiger partial charge on any atom is 0.338 e. The minimum Gasteiger partial charge on any atom is -0.478 e. The van der Waals surface area contributed by atoms with Crippen LogP contribution in [0.1, 0.15) is 32.0 Å². The Balaban J connectivity index is 2.38. The molecule has 108 valence electrons. The number of aryl methyl sites for hydroxylation is 2. The maximum atomic E-state index is 12.3. The Morgan fingerprint density at radius 2 is 2.00 bits per heavy atom. The molecule has 0 atom stereocenters. The number of nitrogens with zero attached hydrogens (tertiary/aromatic N) is 1. The third-order valence-corrected chi connectivity index (χ3v) is 3.55. The Morgan fingerprint density at radius 3 is 2.62 bits per heavy atom. The highest BCUT2D eigenvalue weighted by Crippen LogP contribution is 2.28. The van der Waals surface area contributed by atoms with E-state index in [0.717, 1.165) is 15.6 Å². The van der Waals surface area contributed by atoms with Crippen molar-refractivity contribution in [1.82, 2.24) is 4.98 Å². The molecular weight excluding hydrogens is 336 g/mol. The summed E-state index contributed by atoms with van der Waals surface area (Å²) >= 11 is 3.39. The van der Waals surface area contributed by atoms with Crippen LogP contribution >= 0.6 is 15.9 Å². The molecule has 1 heterocycles. The summed E-state index contributed by atoms with van der Waals surface area (Å²) in [5.74, 6) is -1.74. The third-order valence-electron chi connectivity index (χ3n) is 2.92. The molecule has 0 fully saturated rings. The average Bonchev–Trinajstić information content (AvgIpc) is 2.42. The zero-order valence-electron chi connectivity index (χ0n) is 11.5. The Bertz CT molecular complexity index is 706. The van der Waals surface area contributed by atoms with Gasteiger partial charge in [-0.15, -0.1) is 0 Å². The molecule has 0 saturated carbocycles. The molecule has 2 N–H and O–H groups in total. The number of pyridine rings is 1. The van der Waals surface area contributed by atoms with Crippen molar-refractivity contribution < 1.29 is 14.7 Å². The number of halogens is 1. The normalized spacial score (nSPS) is 10.2. The number of aromatic carboxylic acids is 1. The van der Waals surface area contributed by atoms with Crippen LogP contribution in [-0.2, 0) is 0 Å². The van der Waals surface area contributed by atoms with Crippen molar-refractivity contribution in [3.05, 3.63) is 57.3 Å². The molecule has 6 heteroatoms. The van der Waals surface area contributed by atoms with Crippen LogP contribution in [0.2, 0.25) is 0 Å². The van der Waals surface area contributed by atoms with Gasteiger partial charge in [0.1, 0.15) is 5.69 Å². The lowest BCUT2D eigenvalue weighted by Gasteiger charge is -2.12. The second-order valence-corrected chi connectivity index (χ2v) is 5.45. The van der Waals surface area contributed by atoms with E-state index in [1.165, 1.54) is 18.3 Å². The Labute approximate surface area is 130 Å². The van der Waals surface area contributed by atoms with E-state index < -0.39 is 11.9 Å². The minimum atomic E-state index is -1.19. The summed E-state index contributed by atoms with van der Waals surface area (Å²) in [7, 11) is 0. The van der Waals surface area contributed by atoms with Crippen LogP contribution in [0.4, 0.5) is 5.69 Å². The molecule has 0 spiro atoms. The molecule has 0 bridgehead atoms. The van der Waals surface area contributed by atoms with Crippen LogP contribution in [0.25, 0.3) is 0 Å². The third kappa shape index (κ3) is 3.28. The van der Waals surface area contributed by atoms with Crippen molar-refractivity contribution in [2.24, 2.45) is 0 Å². The van der Waals surface area contributed by atoms with Gasteiger partial charge in [0.15, 0.2) is 0 Å². The van der Waals surface area contributed by atoms with Crippen molar-refractivity contribution in [3.63, 3.8) is 0 Å². The number of nitrogens with one attached hydrogen (secondary N) is 1. The lowest BCUT2D eigenvalue weighted by atomic mass is 10.1. The summed E-state index contributed by atoms with van der Waals surface area (Å²) < 4.78 is 0.737. The van der Waals surface area contributed by atoms with E-state index in [0.29, 0.717) is 5.69 Å². The summed E-state index contributed by atoms with van der Waals surface area (Å²) in [5, 5.41) is 11.8. The molecule has 0 radical (unpaired) electrons. The lowest BCUT2D eigenvalue weighted by molar-refractivity contribution is 0.0691. The molecule has 21 heavy (non-hydrogen) atoms. The lowest BCUT2D eigenvalue weighted by Crippen LogP contribution is -2.19. The maximum absolute atomic E-state index is 12.3. The molecule has 1 aromatic heterocycles. The molecule has 0 aliphatic carbocycles. The van der Waals surface area contributed by atoms with Crippen LogP contribution < -0.4 is 5.32 Å². The SMILES string of the molecule is Cc1cc(C)c(NC(=O)c2ncccc2C(=O)O)c(Br)c1. The fourth-order valence-corrected chi connectivity index (χ4v) is 2.78. The van der Waals surface area contributed by atoms with Crippen LogP contribution in [0, 0.1) is 13.8 Å². The molecule has 2 aromatic rings. The van der Waals surface area contributed by atoms with Crippen LogP contribution in [-0.4, -0.2) is 22.0 Å². The topological polar surface area (TPSA) is 79.3 Å². The zero-order valence-corrected chi connectivity index (χ0v) is 13.1. The van der Waals surface area contributed by atoms with Gasteiger partial charge in [-0.1, -0.05) is 6.07 Å². The smallest absolute Gasteiger partial charge is 0.338 e. The Morgan fingerprint density at radius 1 is 1.29 bits per heavy atom. The number of hydrogen-bond donors (Lipinski definition) is 2. The first-order chi connectivity index (χ1) is 9.90. The number of aromatic nitrogens is 1. The van der Waals surface area contributed by atoms with E-state index in [4.69, 9.17) is 5.11 Å². The van der Waals surface area contributed by atoms with E-state index in [1.54, 1.807) is 0 Å². The van der Waals surface area contributed by atoms with Gasteiger partial charge >= 0.3 is 5.97 Å². The molecule has 5 nitrogen and oxygen atoms in total. The van der Waals surface area contributed by atoms with E-state index in [2.05, 4.69) is 26.2 Å². The highest BCUT2D eigenvalue weighted by Gasteiger charge is 2.19. The van der Waals surface area contributed by atoms with E-state index in [-0.39, 0.29) is 11.3 Å². The first kappa shape index (κ1) is 15.2. The van der Waals surface area contributed by atoms with Gasteiger partial charge in [-0.05, 0) is 59.1 Å². The van der Waals surface area contributed by atoms with Crippen LogP contribution in [0.3, 0.4) is 0 Å². The largest absolute Gasteiger partial charge is 0.478 e. The van der Waals surface area contributed by atoms with Gasteiger partial charge in [0.05, 0.1) is 11.3 Å². The van der Waals surface area contributed by atoms with Crippen molar-refractivity contribution in [2.45, 2.75) is 13.8 Å². The number of carbonyl (C=O) groups excluding carboxylic acids is 1. The highest BCUT2D eigenvalue weighted by atomic mass is 79.9. The molecule has 0 unspecified atom stereocenters. The first-order valence-electron chi connectivity index (χ1n) is 6.16. The molecule has 1 aromatic carbocycles. The van der Waals surface area contributed by atoms with Crippen LogP contribution in [0.5, 0.6) is 0 Å². The van der Waals surface area contributed by atoms with Crippen LogP contribution in [0.15, 0.2) is 34.9 Å². The number of amides is 1. The number of benzene rings is 1. The summed E-state index contributed by atoms with van der Waals surface area (Å²) in [6, 6.07) is 6.63. The number of carboxylic acid groups (broad SMARTS) is 1. The second kappa shape index (κ2) is 6.05. The number of hydrogen-bond acceptors (Lipinski definition) is 3. The monoisotopic (exact) mass is 348 g/mol. The van der Waals surface area contributed by atoms with E-state index in [9.17, 15) is 9.59 Å². The number of rotatable bonds is 3. The van der Waals surface area contributed by atoms with Gasteiger partial charge in [0.25, 0.3) is 5.91 Å². The molecule has 2 rings (SSSR count). The number of carboxylic acids is 1. The standard InChI is InChI=1S/C15H13BrN2O3/c1-8-6-9(2)12(11(16)7-8)18-14(19)13-10(15(20)21)4-3-5-17-13/h3-7H,1-2H3,(H,18,19)(H,20,21). The van der Waals surface area contributed by atoms with E-state index in [1.807, 2.05) is 26.0 Å². The number of carbonyl (C=O) groups is 2. The zero-order chi connectivity index (χ0) is 15.6. The average molecular weight is 349 g/mol. The van der Waals surface area contributed by atoms with E-state index >= 15 is 0 Å². The summed E-state index contributed by atoms with van der Waals surface area (Å²) in [6.45, 7) is 3.81. The molecule has 1 amide bonds. The number of anilines is 1. The fourth-order valence-electron chi connectivity index (χ4n) is 2.01. The second-order valence-electron chi connectivity index (χ2n) is 4.60. The molecular formula is C15H13BrN2O3. The summed E-state index contributed by atoms with van der Waals surface area (Å²) in [6.07, 6.45) is 1.39. The fraction of sp³-hybridized carbons (Fsp3) is 0.133. The predicted octanol–water partition coefficient (Wildman–Crippen LogP) is 3.41. The Hall–Kier alpha value is -2.21. The van der Waals surface area contributed by atoms with Gasteiger partial charge < -0.3 is 10.4 Å². The molecule has 0 aliphatic heterocycles. The quantitative estimate of drug-likeness (QED) is 0.890. The minimum absolute atomic E-state index is 0.114. The first-order valence-corrected chi connectivity index (χ1v) is 6.96. The van der Waals surface area contributed by atoms with Crippen molar-refractivity contribution >= 4 is 33.5 Å².